The number of furan rings is 1. The Morgan fingerprint density at radius 2 is 2.05 bits per heavy atom. The van der Waals surface area contributed by atoms with Gasteiger partial charge in [0.05, 0.1) is 6.54 Å². The van der Waals surface area contributed by atoms with Crippen molar-refractivity contribution in [2.45, 2.75) is 18.2 Å². The van der Waals surface area contributed by atoms with Crippen molar-refractivity contribution in [3.8, 4) is 0 Å². The lowest BCUT2D eigenvalue weighted by Crippen LogP contribution is -2.21. The van der Waals surface area contributed by atoms with Crippen LogP contribution < -0.4 is 5.32 Å². The van der Waals surface area contributed by atoms with Gasteiger partial charge in [-0.1, -0.05) is 6.07 Å². The molecule has 7 heteroatoms. The number of nitrogens with one attached hydrogen (secondary N) is 1. The molecule has 0 aliphatic heterocycles. The van der Waals surface area contributed by atoms with Crippen molar-refractivity contribution in [2.75, 3.05) is 14.1 Å². The van der Waals surface area contributed by atoms with Crippen LogP contribution in [-0.4, -0.2) is 31.8 Å². The van der Waals surface area contributed by atoms with Crippen LogP contribution in [0.5, 0.6) is 0 Å². The lowest BCUT2D eigenvalue weighted by molar-refractivity contribution is 0.389. The second-order valence-corrected chi connectivity index (χ2v) is 6.56. The molecule has 1 N–H and O–H groups in total. The first-order valence-corrected chi connectivity index (χ1v) is 7.55. The molecule has 0 amide bonds. The van der Waals surface area contributed by atoms with Gasteiger partial charge in [0.1, 0.15) is 5.76 Å². The number of hydrogen-bond donors (Lipinski definition) is 1. The lowest BCUT2D eigenvalue weighted by Gasteiger charge is -2.07. The summed E-state index contributed by atoms with van der Waals surface area (Å²) in [5, 5.41) is 3.13. The number of nitrogens with zero attached hydrogens (tertiary/aromatic N) is 2. The van der Waals surface area contributed by atoms with Crippen LogP contribution in [0.25, 0.3) is 0 Å². The SMILES string of the molecule is CN(C)S(=O)(=O)c1ccc(CNCc2cccnc2)o1. The van der Waals surface area contributed by atoms with Crippen LogP contribution in [0.3, 0.4) is 0 Å². The van der Waals surface area contributed by atoms with E-state index in [0.717, 1.165) is 9.87 Å². The molecule has 0 bridgehead atoms. The minimum atomic E-state index is -3.50. The molecule has 0 fully saturated rings. The minimum Gasteiger partial charge on any atom is -0.447 e. The molecular formula is C13H17N3O3S. The van der Waals surface area contributed by atoms with E-state index in [1.165, 1.54) is 20.2 Å². The molecule has 0 saturated heterocycles. The van der Waals surface area contributed by atoms with E-state index < -0.39 is 10.0 Å². The van der Waals surface area contributed by atoms with Gasteiger partial charge in [-0.15, -0.1) is 0 Å². The monoisotopic (exact) mass is 295 g/mol. The maximum absolute atomic E-state index is 11.8. The highest BCUT2D eigenvalue weighted by Gasteiger charge is 2.21. The van der Waals surface area contributed by atoms with Crippen molar-refractivity contribution in [3.63, 3.8) is 0 Å². The number of sulfonamides is 1. The Morgan fingerprint density at radius 3 is 2.70 bits per heavy atom. The maximum Gasteiger partial charge on any atom is 0.275 e. The summed E-state index contributed by atoms with van der Waals surface area (Å²) in [6.45, 7) is 1.10. The predicted octanol–water partition coefficient (Wildman–Crippen LogP) is 1.21. The molecule has 0 atom stereocenters. The molecule has 2 aromatic heterocycles. The van der Waals surface area contributed by atoms with E-state index in [1.807, 2.05) is 12.1 Å². The first kappa shape index (κ1) is 14.7. The van der Waals surface area contributed by atoms with E-state index in [0.29, 0.717) is 18.8 Å². The zero-order chi connectivity index (χ0) is 14.6. The fraction of sp³-hybridized carbons (Fsp3) is 0.308. The summed E-state index contributed by atoms with van der Waals surface area (Å²) in [6.07, 6.45) is 3.49. The molecule has 0 aliphatic rings. The summed E-state index contributed by atoms with van der Waals surface area (Å²) in [5.41, 5.74) is 1.06. The maximum atomic E-state index is 11.8. The molecule has 0 aliphatic carbocycles. The van der Waals surface area contributed by atoms with Crippen LogP contribution in [0, 0.1) is 0 Å². The second kappa shape index (κ2) is 6.17. The third-order valence-electron chi connectivity index (χ3n) is 2.72. The average Bonchev–Trinajstić information content (AvgIpc) is 2.89. The van der Waals surface area contributed by atoms with E-state index in [9.17, 15) is 8.42 Å². The Bertz CT molecular complexity index is 651. The molecule has 0 radical (unpaired) electrons. The highest BCUT2D eigenvalue weighted by Crippen LogP contribution is 2.16. The number of pyridine rings is 1. The smallest absolute Gasteiger partial charge is 0.275 e. The van der Waals surface area contributed by atoms with Gasteiger partial charge in [-0.2, -0.15) is 0 Å². The molecule has 108 valence electrons. The van der Waals surface area contributed by atoms with E-state index in [-0.39, 0.29) is 5.09 Å². The summed E-state index contributed by atoms with van der Waals surface area (Å²) in [5.74, 6) is 0.578. The summed E-state index contributed by atoms with van der Waals surface area (Å²) in [6, 6.07) is 6.96. The van der Waals surface area contributed by atoms with Gasteiger partial charge < -0.3 is 9.73 Å². The normalized spacial score (nSPS) is 11.9. The molecule has 0 aromatic carbocycles. The van der Waals surface area contributed by atoms with Gasteiger partial charge in [-0.25, -0.2) is 12.7 Å². The van der Waals surface area contributed by atoms with E-state index in [1.54, 1.807) is 18.5 Å². The van der Waals surface area contributed by atoms with Crippen molar-refractivity contribution in [1.82, 2.24) is 14.6 Å². The van der Waals surface area contributed by atoms with Gasteiger partial charge in [0.25, 0.3) is 10.0 Å². The van der Waals surface area contributed by atoms with Crippen molar-refractivity contribution >= 4 is 10.0 Å². The fourth-order valence-corrected chi connectivity index (χ4v) is 2.42. The molecule has 0 unspecified atom stereocenters. The fourth-order valence-electron chi connectivity index (χ4n) is 1.60. The summed E-state index contributed by atoms with van der Waals surface area (Å²) >= 11 is 0. The third kappa shape index (κ3) is 3.44. The van der Waals surface area contributed by atoms with Gasteiger partial charge in [0.2, 0.25) is 5.09 Å². The molecule has 2 rings (SSSR count). The molecule has 6 nitrogen and oxygen atoms in total. The van der Waals surface area contributed by atoms with Gasteiger partial charge in [-0.3, -0.25) is 4.98 Å². The minimum absolute atomic E-state index is 0.0410. The molecular weight excluding hydrogens is 278 g/mol. The molecule has 0 saturated carbocycles. The van der Waals surface area contributed by atoms with Gasteiger partial charge in [-0.05, 0) is 23.8 Å². The Balaban J connectivity index is 1.94. The molecule has 20 heavy (non-hydrogen) atoms. The van der Waals surface area contributed by atoms with E-state index in [2.05, 4.69) is 10.3 Å². The molecule has 2 heterocycles. The Hall–Kier alpha value is -1.70. The number of aromatic nitrogens is 1. The van der Waals surface area contributed by atoms with E-state index in [4.69, 9.17) is 4.42 Å². The quantitative estimate of drug-likeness (QED) is 0.867. The molecule has 2 aromatic rings. The van der Waals surface area contributed by atoms with Crippen molar-refractivity contribution < 1.29 is 12.8 Å². The lowest BCUT2D eigenvalue weighted by atomic mass is 10.3. The van der Waals surface area contributed by atoms with E-state index >= 15 is 0 Å². The summed E-state index contributed by atoms with van der Waals surface area (Å²) in [7, 11) is -0.564. The first-order valence-electron chi connectivity index (χ1n) is 6.11. The van der Waals surface area contributed by atoms with Gasteiger partial charge >= 0.3 is 0 Å². The zero-order valence-electron chi connectivity index (χ0n) is 11.4. The molecule has 0 spiro atoms. The topological polar surface area (TPSA) is 75.4 Å². The van der Waals surface area contributed by atoms with Crippen LogP contribution in [0.1, 0.15) is 11.3 Å². The van der Waals surface area contributed by atoms with Crippen LogP contribution in [0.4, 0.5) is 0 Å². The second-order valence-electron chi connectivity index (χ2n) is 4.47. The largest absolute Gasteiger partial charge is 0.447 e. The highest BCUT2D eigenvalue weighted by molar-refractivity contribution is 7.88. The van der Waals surface area contributed by atoms with Crippen molar-refractivity contribution in [1.29, 1.82) is 0 Å². The van der Waals surface area contributed by atoms with Gasteiger partial charge in [0, 0.05) is 33.0 Å². The third-order valence-corrected chi connectivity index (χ3v) is 4.41. The van der Waals surface area contributed by atoms with Crippen molar-refractivity contribution in [3.05, 3.63) is 48.0 Å². The van der Waals surface area contributed by atoms with Crippen LogP contribution in [-0.2, 0) is 23.1 Å². The van der Waals surface area contributed by atoms with Gasteiger partial charge in [0.15, 0.2) is 0 Å². The number of hydrogen-bond acceptors (Lipinski definition) is 5. The Labute approximate surface area is 118 Å². The predicted molar refractivity (Wildman–Crippen MR) is 74.4 cm³/mol. The average molecular weight is 295 g/mol. The Kier molecular flexibility index (Phi) is 4.53. The van der Waals surface area contributed by atoms with Crippen LogP contribution in [0.15, 0.2) is 46.2 Å². The standard InChI is InChI=1S/C13H17N3O3S/c1-16(2)20(17,18)13-6-5-12(19-13)10-15-9-11-4-3-7-14-8-11/h3-8,15H,9-10H2,1-2H3. The van der Waals surface area contributed by atoms with Crippen molar-refractivity contribution in [2.24, 2.45) is 0 Å². The first-order chi connectivity index (χ1) is 9.50. The number of rotatable bonds is 6. The summed E-state index contributed by atoms with van der Waals surface area (Å²) in [4.78, 5) is 4.02. The zero-order valence-corrected chi connectivity index (χ0v) is 12.2. The highest BCUT2D eigenvalue weighted by atomic mass is 32.2. The Morgan fingerprint density at radius 1 is 1.25 bits per heavy atom. The summed E-state index contributed by atoms with van der Waals surface area (Å²) < 4.78 is 30.2. The van der Waals surface area contributed by atoms with Crippen LogP contribution >= 0.6 is 0 Å². The van der Waals surface area contributed by atoms with Crippen LogP contribution in [0.2, 0.25) is 0 Å².